The van der Waals surface area contributed by atoms with Crippen LogP contribution in [0.15, 0.2) is 6.07 Å². The van der Waals surface area contributed by atoms with Crippen molar-refractivity contribution < 1.29 is 0 Å². The summed E-state index contributed by atoms with van der Waals surface area (Å²) in [5.74, 6) is 3.00. The molecule has 2 aliphatic rings. The minimum Gasteiger partial charge on any atom is -0.313 e. The van der Waals surface area contributed by atoms with Gasteiger partial charge in [0, 0.05) is 24.7 Å². The molecule has 3 unspecified atom stereocenters. The van der Waals surface area contributed by atoms with Gasteiger partial charge in [-0.1, -0.05) is 20.3 Å². The van der Waals surface area contributed by atoms with E-state index in [0.29, 0.717) is 6.04 Å². The van der Waals surface area contributed by atoms with Gasteiger partial charge in [-0.05, 0) is 63.0 Å². The van der Waals surface area contributed by atoms with Gasteiger partial charge in [0.05, 0.1) is 5.69 Å². The molecular formula is C18H31N3. The van der Waals surface area contributed by atoms with E-state index in [1.54, 1.807) is 0 Å². The molecule has 2 saturated carbocycles. The summed E-state index contributed by atoms with van der Waals surface area (Å²) >= 11 is 0. The summed E-state index contributed by atoms with van der Waals surface area (Å²) in [7, 11) is 0. The average Bonchev–Trinajstić information content (AvgIpc) is 2.89. The predicted molar refractivity (Wildman–Crippen MR) is 87.4 cm³/mol. The molecule has 3 rings (SSSR count). The van der Waals surface area contributed by atoms with Crippen molar-refractivity contribution in [3.05, 3.63) is 17.5 Å². The number of hydrogen-bond acceptors (Lipinski definition) is 2. The third-order valence-electron chi connectivity index (χ3n) is 5.60. The minimum atomic E-state index is 0.673. The second kappa shape index (κ2) is 6.51. The van der Waals surface area contributed by atoms with Gasteiger partial charge < -0.3 is 5.32 Å². The maximum atomic E-state index is 4.72. The molecule has 118 valence electrons. The lowest BCUT2D eigenvalue weighted by Gasteiger charge is -2.21. The molecule has 2 fully saturated rings. The van der Waals surface area contributed by atoms with Crippen LogP contribution in [-0.2, 0) is 19.4 Å². The van der Waals surface area contributed by atoms with Crippen molar-refractivity contribution >= 4 is 0 Å². The molecule has 0 aliphatic heterocycles. The van der Waals surface area contributed by atoms with Crippen LogP contribution in [0.5, 0.6) is 0 Å². The molecule has 2 aliphatic carbocycles. The highest BCUT2D eigenvalue weighted by Gasteiger charge is 2.55. The zero-order chi connectivity index (χ0) is 14.8. The van der Waals surface area contributed by atoms with Gasteiger partial charge in [0.15, 0.2) is 0 Å². The Hall–Kier alpha value is -0.830. The summed E-state index contributed by atoms with van der Waals surface area (Å²) in [6.07, 6.45) is 7.87. The Balaban J connectivity index is 1.70. The van der Waals surface area contributed by atoms with Gasteiger partial charge in [0.1, 0.15) is 0 Å². The Morgan fingerprint density at radius 1 is 1.29 bits per heavy atom. The quantitative estimate of drug-likeness (QED) is 0.794. The second-order valence-corrected chi connectivity index (χ2v) is 6.90. The predicted octanol–water partition coefficient (Wildman–Crippen LogP) is 3.42. The first-order valence-electron chi connectivity index (χ1n) is 9.07. The van der Waals surface area contributed by atoms with Gasteiger partial charge in [-0.2, -0.15) is 5.10 Å². The van der Waals surface area contributed by atoms with Gasteiger partial charge in [-0.3, -0.25) is 4.68 Å². The lowest BCUT2D eigenvalue weighted by Crippen LogP contribution is -2.36. The van der Waals surface area contributed by atoms with E-state index in [1.165, 1.54) is 43.5 Å². The van der Waals surface area contributed by atoms with Gasteiger partial charge >= 0.3 is 0 Å². The number of rotatable bonds is 8. The number of nitrogens with zero attached hydrogens (tertiary/aromatic N) is 2. The molecule has 0 bridgehead atoms. The van der Waals surface area contributed by atoms with Crippen LogP contribution < -0.4 is 5.32 Å². The molecule has 3 atom stereocenters. The lowest BCUT2D eigenvalue weighted by atomic mass is 9.99. The van der Waals surface area contributed by atoms with Crippen LogP contribution in [0.2, 0.25) is 0 Å². The van der Waals surface area contributed by atoms with Crippen LogP contribution in [-0.4, -0.2) is 22.4 Å². The van der Waals surface area contributed by atoms with Crippen LogP contribution in [0, 0.1) is 17.8 Å². The highest BCUT2D eigenvalue weighted by molar-refractivity contribution is 5.15. The summed E-state index contributed by atoms with van der Waals surface area (Å²) < 4.78 is 2.22. The van der Waals surface area contributed by atoms with E-state index >= 15 is 0 Å². The van der Waals surface area contributed by atoms with Crippen LogP contribution in [0.4, 0.5) is 0 Å². The Kier molecular flexibility index (Phi) is 4.68. The molecular weight excluding hydrogens is 258 g/mol. The normalized spacial score (nSPS) is 28.6. The molecule has 21 heavy (non-hydrogen) atoms. The first-order chi connectivity index (χ1) is 10.3. The maximum absolute atomic E-state index is 4.72. The smallest absolute Gasteiger partial charge is 0.0624 e. The van der Waals surface area contributed by atoms with Gasteiger partial charge in [-0.25, -0.2) is 0 Å². The fraction of sp³-hybridized carbons (Fsp3) is 0.833. The van der Waals surface area contributed by atoms with E-state index in [4.69, 9.17) is 5.10 Å². The second-order valence-electron chi connectivity index (χ2n) is 6.90. The molecule has 1 N–H and O–H groups in total. The van der Waals surface area contributed by atoms with E-state index < -0.39 is 0 Å². The molecule has 3 heteroatoms. The van der Waals surface area contributed by atoms with E-state index in [-0.39, 0.29) is 0 Å². The topological polar surface area (TPSA) is 29.9 Å². The molecule has 1 heterocycles. The van der Waals surface area contributed by atoms with Crippen LogP contribution in [0.1, 0.15) is 57.8 Å². The third kappa shape index (κ3) is 3.03. The molecule has 0 amide bonds. The highest BCUT2D eigenvalue weighted by atomic mass is 15.3. The third-order valence-corrected chi connectivity index (χ3v) is 5.60. The van der Waals surface area contributed by atoms with Crippen LogP contribution in [0.25, 0.3) is 0 Å². The monoisotopic (exact) mass is 289 g/mol. The Labute approximate surface area is 129 Å². The zero-order valence-corrected chi connectivity index (χ0v) is 13.9. The highest BCUT2D eigenvalue weighted by Crippen LogP contribution is 2.59. The number of aromatic nitrogens is 2. The minimum absolute atomic E-state index is 0.673. The molecule has 3 nitrogen and oxygen atoms in total. The molecule has 0 radical (unpaired) electrons. The van der Waals surface area contributed by atoms with Crippen molar-refractivity contribution in [2.75, 3.05) is 6.54 Å². The maximum Gasteiger partial charge on any atom is 0.0624 e. The van der Waals surface area contributed by atoms with Crippen molar-refractivity contribution in [3.8, 4) is 0 Å². The van der Waals surface area contributed by atoms with Gasteiger partial charge in [-0.15, -0.1) is 0 Å². The Morgan fingerprint density at radius 2 is 2.05 bits per heavy atom. The summed E-state index contributed by atoms with van der Waals surface area (Å²) in [4.78, 5) is 0. The molecule has 0 aromatic carbocycles. The van der Waals surface area contributed by atoms with Crippen molar-refractivity contribution in [2.24, 2.45) is 17.8 Å². The number of fused-ring (bicyclic) bond motifs is 1. The largest absolute Gasteiger partial charge is 0.313 e. The fourth-order valence-corrected chi connectivity index (χ4v) is 4.50. The van der Waals surface area contributed by atoms with Gasteiger partial charge in [0.2, 0.25) is 0 Å². The zero-order valence-electron chi connectivity index (χ0n) is 13.9. The number of nitrogens with one attached hydrogen (secondary N) is 1. The van der Waals surface area contributed by atoms with Crippen molar-refractivity contribution in [1.29, 1.82) is 0 Å². The Morgan fingerprint density at radius 3 is 2.67 bits per heavy atom. The van der Waals surface area contributed by atoms with Crippen LogP contribution in [0.3, 0.4) is 0 Å². The van der Waals surface area contributed by atoms with E-state index in [0.717, 1.165) is 37.3 Å². The summed E-state index contributed by atoms with van der Waals surface area (Å²) in [6, 6.07) is 3.01. The standard InChI is InChI=1S/C18H31N3/c1-4-10-19-17(18-15-8-7-9-16(15)18)12-14-11-13(5-2)20-21(14)6-3/h11,15-19H,4-10,12H2,1-3H3. The van der Waals surface area contributed by atoms with Crippen molar-refractivity contribution in [1.82, 2.24) is 15.1 Å². The lowest BCUT2D eigenvalue weighted by molar-refractivity contribution is 0.394. The van der Waals surface area contributed by atoms with Crippen LogP contribution >= 0.6 is 0 Å². The molecule has 1 aromatic heterocycles. The van der Waals surface area contributed by atoms with E-state index in [2.05, 4.69) is 36.8 Å². The summed E-state index contributed by atoms with van der Waals surface area (Å²) in [5, 5.41) is 8.57. The molecule has 0 saturated heterocycles. The summed E-state index contributed by atoms with van der Waals surface area (Å²) in [5.41, 5.74) is 2.69. The van der Waals surface area contributed by atoms with Gasteiger partial charge in [0.25, 0.3) is 0 Å². The first-order valence-corrected chi connectivity index (χ1v) is 9.07. The molecule has 1 aromatic rings. The van der Waals surface area contributed by atoms with E-state index in [1.807, 2.05) is 0 Å². The fourth-order valence-electron chi connectivity index (χ4n) is 4.50. The van der Waals surface area contributed by atoms with E-state index in [9.17, 15) is 0 Å². The van der Waals surface area contributed by atoms with Crippen molar-refractivity contribution in [3.63, 3.8) is 0 Å². The summed E-state index contributed by atoms with van der Waals surface area (Å²) in [6.45, 7) is 8.82. The number of aryl methyl sites for hydroxylation is 2. The SMILES string of the molecule is CCCNC(Cc1cc(CC)nn1CC)C1C2CCCC21. The Bertz CT molecular complexity index is 455. The van der Waals surface area contributed by atoms with Crippen molar-refractivity contribution in [2.45, 2.75) is 71.9 Å². The first kappa shape index (κ1) is 15.1. The average molecular weight is 289 g/mol. The molecule has 0 spiro atoms. The number of hydrogen-bond donors (Lipinski definition) is 1.